The van der Waals surface area contributed by atoms with Crippen molar-refractivity contribution in [1.82, 2.24) is 14.7 Å². The monoisotopic (exact) mass is 449 g/mol. The van der Waals surface area contributed by atoms with E-state index in [4.69, 9.17) is 13.9 Å². The number of rotatable bonds is 12. The van der Waals surface area contributed by atoms with Crippen molar-refractivity contribution in [3.05, 3.63) is 0 Å². The zero-order chi connectivity index (χ0) is 20.3. The van der Waals surface area contributed by atoms with Gasteiger partial charge in [0.1, 0.15) is 0 Å². The molecule has 0 aliphatic carbocycles. The SMILES string of the molecule is CC(C)C(=O)SNOP(=O)(ONSC(=O)C(C)C)ONSC(=O)C(C)C. The van der Waals surface area contributed by atoms with Crippen LogP contribution in [0.25, 0.3) is 0 Å². The fourth-order valence-electron chi connectivity index (χ4n) is 0.725. The molecule has 152 valence electrons. The molecule has 10 nitrogen and oxygen atoms in total. The quantitative estimate of drug-likeness (QED) is 0.229. The van der Waals surface area contributed by atoms with Crippen LogP contribution in [0.15, 0.2) is 0 Å². The van der Waals surface area contributed by atoms with Gasteiger partial charge in [-0.05, 0) is 0 Å². The van der Waals surface area contributed by atoms with E-state index < -0.39 is 7.82 Å². The predicted octanol–water partition coefficient (Wildman–Crippen LogP) is 3.15. The molecule has 0 heterocycles. The standard InChI is InChI=1S/C12H24N3O7PS3/c1-7(2)10(16)24-13-20-23(19,21-14-25-11(17)8(3)4)22-15-26-12(18)9(5)6/h7-9,13-15H,1-6H3. The summed E-state index contributed by atoms with van der Waals surface area (Å²) in [6.45, 7) is 10.1. The number of carbonyl (C=O) groups excluding carboxylic acids is 3. The van der Waals surface area contributed by atoms with Gasteiger partial charge in [0, 0.05) is 53.6 Å². The van der Waals surface area contributed by atoms with E-state index in [9.17, 15) is 18.9 Å². The molecule has 0 unspecified atom stereocenters. The lowest BCUT2D eigenvalue weighted by Crippen LogP contribution is -2.20. The molecule has 0 radical (unpaired) electrons. The van der Waals surface area contributed by atoms with Gasteiger partial charge < -0.3 is 0 Å². The van der Waals surface area contributed by atoms with Crippen LogP contribution in [0.4, 0.5) is 0 Å². The van der Waals surface area contributed by atoms with Crippen LogP contribution >= 0.6 is 43.7 Å². The smallest absolute Gasteiger partial charge is 0.285 e. The van der Waals surface area contributed by atoms with Crippen LogP contribution in [0.5, 0.6) is 0 Å². The molecule has 14 heteroatoms. The van der Waals surface area contributed by atoms with Crippen molar-refractivity contribution >= 4 is 59.0 Å². The maximum absolute atomic E-state index is 12.4. The topological polar surface area (TPSA) is 132 Å². The van der Waals surface area contributed by atoms with Gasteiger partial charge in [-0.25, -0.2) is 4.57 Å². The maximum Gasteiger partial charge on any atom is 0.527 e. The minimum Gasteiger partial charge on any atom is -0.285 e. The first-order chi connectivity index (χ1) is 12.0. The molecule has 0 aromatic carbocycles. The Labute approximate surface area is 165 Å². The van der Waals surface area contributed by atoms with E-state index in [-0.39, 0.29) is 33.1 Å². The molecule has 0 aromatic heterocycles. The van der Waals surface area contributed by atoms with Crippen LogP contribution in [0.3, 0.4) is 0 Å². The highest BCUT2D eigenvalue weighted by Gasteiger charge is 2.31. The zero-order valence-corrected chi connectivity index (χ0v) is 18.6. The second kappa shape index (κ2) is 13.3. The molecule has 0 rings (SSSR count). The fourth-order valence-corrected chi connectivity index (χ4v) is 3.33. The van der Waals surface area contributed by atoms with Gasteiger partial charge in [0.2, 0.25) is 15.3 Å². The maximum atomic E-state index is 12.4. The first-order valence-electron chi connectivity index (χ1n) is 7.51. The van der Waals surface area contributed by atoms with E-state index in [1.165, 1.54) is 0 Å². The summed E-state index contributed by atoms with van der Waals surface area (Å²) in [5, 5.41) is -0.816. The molecule has 0 amide bonds. The molecule has 0 bridgehead atoms. The minimum atomic E-state index is -4.33. The second-order valence-electron chi connectivity index (χ2n) is 5.70. The molecule has 0 fully saturated rings. The van der Waals surface area contributed by atoms with Crippen LogP contribution in [-0.2, 0) is 32.8 Å². The minimum absolute atomic E-state index is 0.272. The van der Waals surface area contributed by atoms with Crippen LogP contribution < -0.4 is 14.7 Å². The highest BCUT2D eigenvalue weighted by Crippen LogP contribution is 2.47. The van der Waals surface area contributed by atoms with Crippen molar-refractivity contribution in [2.24, 2.45) is 17.8 Å². The van der Waals surface area contributed by atoms with Crippen molar-refractivity contribution in [3.8, 4) is 0 Å². The number of nitrogens with one attached hydrogen (secondary N) is 3. The van der Waals surface area contributed by atoms with Crippen molar-refractivity contribution in [3.63, 3.8) is 0 Å². The van der Waals surface area contributed by atoms with Gasteiger partial charge in [-0.15, -0.1) is 14.7 Å². The molecular formula is C12H24N3O7PS3. The molecule has 0 atom stereocenters. The van der Waals surface area contributed by atoms with Crippen molar-refractivity contribution in [2.45, 2.75) is 41.5 Å². The lowest BCUT2D eigenvalue weighted by atomic mass is 10.3. The summed E-state index contributed by atoms with van der Waals surface area (Å²) in [5.41, 5.74) is 0. The number of phosphoric acid groups is 1. The molecule has 26 heavy (non-hydrogen) atoms. The highest BCUT2D eigenvalue weighted by molar-refractivity contribution is 8.12. The second-order valence-corrected chi connectivity index (χ2v) is 9.46. The third kappa shape index (κ3) is 11.7. The van der Waals surface area contributed by atoms with Gasteiger partial charge in [-0.2, -0.15) is 13.9 Å². The molecule has 0 aliphatic rings. The summed E-state index contributed by atoms with van der Waals surface area (Å²) >= 11 is 1.66. The molecule has 0 aromatic rings. The van der Waals surface area contributed by atoms with Crippen LogP contribution in [0.1, 0.15) is 41.5 Å². The first kappa shape index (κ1) is 26.1. The molecule has 0 saturated heterocycles. The third-order valence-electron chi connectivity index (χ3n) is 2.29. The van der Waals surface area contributed by atoms with Crippen molar-refractivity contribution in [2.75, 3.05) is 0 Å². The fraction of sp³-hybridized carbons (Fsp3) is 0.750. The van der Waals surface area contributed by atoms with Gasteiger partial charge in [0.15, 0.2) is 0 Å². The lowest BCUT2D eigenvalue weighted by Gasteiger charge is -2.16. The van der Waals surface area contributed by atoms with E-state index >= 15 is 0 Å². The Kier molecular flexibility index (Phi) is 13.3. The van der Waals surface area contributed by atoms with E-state index in [0.29, 0.717) is 35.8 Å². The van der Waals surface area contributed by atoms with Gasteiger partial charge in [-0.1, -0.05) is 41.5 Å². The summed E-state index contributed by atoms with van der Waals surface area (Å²) < 4.78 is 26.7. The average Bonchev–Trinajstić information content (AvgIpc) is 2.54. The van der Waals surface area contributed by atoms with E-state index in [0.717, 1.165) is 0 Å². The molecule has 3 N–H and O–H groups in total. The Hall–Kier alpha value is 0.0500. The van der Waals surface area contributed by atoms with Gasteiger partial charge in [0.05, 0.1) is 0 Å². The summed E-state index contributed by atoms with van der Waals surface area (Å²) in [7, 11) is -4.33. The third-order valence-corrected chi connectivity index (χ3v) is 6.12. The van der Waals surface area contributed by atoms with Crippen LogP contribution in [0.2, 0.25) is 0 Å². The molecular weight excluding hydrogens is 425 g/mol. The first-order valence-corrected chi connectivity index (χ1v) is 11.4. The number of hydrogen-bond donors (Lipinski definition) is 3. The highest BCUT2D eigenvalue weighted by atomic mass is 32.2. The number of carbonyl (C=O) groups is 3. The Morgan fingerprint density at radius 1 is 0.654 bits per heavy atom. The van der Waals surface area contributed by atoms with Gasteiger partial charge in [0.25, 0.3) is 0 Å². The molecule has 0 saturated carbocycles. The number of hydrogen-bond acceptors (Lipinski definition) is 13. The van der Waals surface area contributed by atoms with E-state index in [1.54, 1.807) is 41.5 Å². The van der Waals surface area contributed by atoms with Crippen molar-refractivity contribution < 1.29 is 32.8 Å². The van der Waals surface area contributed by atoms with E-state index in [2.05, 4.69) is 14.7 Å². The molecule has 0 spiro atoms. The average molecular weight is 450 g/mol. The normalized spacial score (nSPS) is 12.2. The summed E-state index contributed by atoms with van der Waals surface area (Å²) in [6, 6.07) is 0. The Morgan fingerprint density at radius 2 is 0.885 bits per heavy atom. The van der Waals surface area contributed by atoms with E-state index in [1.807, 2.05) is 0 Å². The summed E-state index contributed by atoms with van der Waals surface area (Å²) in [4.78, 5) is 40.9. The predicted molar refractivity (Wildman–Crippen MR) is 103 cm³/mol. The van der Waals surface area contributed by atoms with Crippen LogP contribution in [0, 0.1) is 17.8 Å². The molecule has 0 aliphatic heterocycles. The lowest BCUT2D eigenvalue weighted by molar-refractivity contribution is -0.114. The van der Waals surface area contributed by atoms with Crippen LogP contribution in [-0.4, -0.2) is 15.3 Å². The van der Waals surface area contributed by atoms with Gasteiger partial charge in [-0.3, -0.25) is 14.4 Å². The summed E-state index contributed by atoms with van der Waals surface area (Å²) in [5.74, 6) is -0.856. The zero-order valence-electron chi connectivity index (χ0n) is 15.3. The Balaban J connectivity index is 4.63. The Morgan fingerprint density at radius 3 is 1.08 bits per heavy atom. The largest absolute Gasteiger partial charge is 0.527 e. The Bertz CT molecular complexity index is 463. The van der Waals surface area contributed by atoms with Gasteiger partial charge >= 0.3 is 7.82 Å². The summed E-state index contributed by atoms with van der Waals surface area (Å²) in [6.07, 6.45) is 0. The van der Waals surface area contributed by atoms with Crippen molar-refractivity contribution in [1.29, 1.82) is 0 Å².